The number of carbonyl (C=O) groups is 6. The number of unbranched alkanes of at least 4 members (excludes halogenated alkanes) is 6. The van der Waals surface area contributed by atoms with Crippen LogP contribution in [0.2, 0.25) is 0 Å². The van der Waals surface area contributed by atoms with Crippen molar-refractivity contribution in [3.63, 3.8) is 0 Å². The summed E-state index contributed by atoms with van der Waals surface area (Å²) in [6, 6.07) is 3.46. The third kappa shape index (κ3) is 15.6. The molecule has 0 aliphatic carbocycles. The van der Waals surface area contributed by atoms with Gasteiger partial charge >= 0.3 is 0 Å². The van der Waals surface area contributed by atoms with Crippen molar-refractivity contribution in [3.05, 3.63) is 34.9 Å². The van der Waals surface area contributed by atoms with Gasteiger partial charge in [-0.05, 0) is 56.7 Å². The predicted molar refractivity (Wildman–Crippen MR) is 150 cm³/mol. The smallest absolute Gasteiger partial charge is 0.269 e. The van der Waals surface area contributed by atoms with Crippen molar-refractivity contribution >= 4 is 35.4 Å². The van der Waals surface area contributed by atoms with Gasteiger partial charge < -0.3 is 15.3 Å². The number of rotatable bonds is 18. The Kier molecular flexibility index (Phi) is 18.5. The fourth-order valence-electron chi connectivity index (χ4n) is 3.53. The van der Waals surface area contributed by atoms with Gasteiger partial charge in [-0.2, -0.15) is 0 Å². The first-order valence-corrected chi connectivity index (χ1v) is 14.0. The van der Waals surface area contributed by atoms with Crippen LogP contribution in [0.5, 0.6) is 0 Å². The lowest BCUT2D eigenvalue weighted by Gasteiger charge is -2.13. The predicted octanol–water partition coefficient (Wildman–Crippen LogP) is -0.372. The zero-order valence-electron chi connectivity index (χ0n) is 23.6. The van der Waals surface area contributed by atoms with Gasteiger partial charge in [-0.1, -0.05) is 19.3 Å². The highest BCUT2D eigenvalue weighted by Crippen LogP contribution is 2.12. The monoisotopic (exact) mass is 594 g/mol. The number of amides is 6. The number of hydrazine groups is 3. The van der Waals surface area contributed by atoms with Crippen LogP contribution in [0.4, 0.5) is 0 Å². The fraction of sp³-hybridized carbons (Fsp3) is 0.556. The van der Waals surface area contributed by atoms with Gasteiger partial charge in [-0.25, -0.2) is 0 Å². The quantitative estimate of drug-likeness (QED) is 0.0795. The lowest BCUT2D eigenvalue weighted by atomic mass is 10.0. The number of nitrogens with one attached hydrogen (secondary N) is 6. The standard InChI is InChI=1S/C27H42N6O9/c34-13-7-1-4-10-22(37)28-31-25(40)19-16-20(26(41)32-29-23(38)11-5-2-8-14-35)18-21(17-19)27(42)33-30-24(39)12-6-3-9-15-36/h16-18,34-36H,1-15H2,(H,28,37)(H,29,38)(H,30,39)(H,31,40)(H,32,41)(H,33,42). The van der Waals surface area contributed by atoms with Crippen LogP contribution in [-0.2, 0) is 14.4 Å². The molecule has 0 radical (unpaired) electrons. The van der Waals surface area contributed by atoms with E-state index in [0.29, 0.717) is 57.8 Å². The van der Waals surface area contributed by atoms with Crippen molar-refractivity contribution in [2.45, 2.75) is 77.0 Å². The maximum atomic E-state index is 12.8. The second-order valence-electron chi connectivity index (χ2n) is 9.41. The first kappa shape index (κ1) is 35.9. The van der Waals surface area contributed by atoms with Crippen LogP contribution in [-0.4, -0.2) is 70.6 Å². The van der Waals surface area contributed by atoms with Crippen LogP contribution in [0.1, 0.15) is 108 Å². The molecule has 1 aromatic carbocycles. The molecule has 1 aromatic rings. The summed E-state index contributed by atoms with van der Waals surface area (Å²) in [7, 11) is 0. The summed E-state index contributed by atoms with van der Waals surface area (Å²) < 4.78 is 0. The summed E-state index contributed by atoms with van der Waals surface area (Å²) >= 11 is 0. The summed E-state index contributed by atoms with van der Waals surface area (Å²) in [5, 5.41) is 26.4. The van der Waals surface area contributed by atoms with Crippen LogP contribution in [0.3, 0.4) is 0 Å². The minimum absolute atomic E-state index is 0.0147. The van der Waals surface area contributed by atoms with Crippen molar-refractivity contribution in [3.8, 4) is 0 Å². The molecule has 0 fully saturated rings. The second-order valence-corrected chi connectivity index (χ2v) is 9.41. The Morgan fingerprint density at radius 2 is 0.667 bits per heavy atom. The van der Waals surface area contributed by atoms with Gasteiger partial charge in [0, 0.05) is 55.8 Å². The van der Waals surface area contributed by atoms with Crippen LogP contribution in [0.15, 0.2) is 18.2 Å². The summed E-state index contributed by atoms with van der Waals surface area (Å²) in [5.41, 5.74) is 12.9. The molecule has 0 aliphatic heterocycles. The van der Waals surface area contributed by atoms with E-state index in [9.17, 15) is 28.8 Å². The van der Waals surface area contributed by atoms with Crippen molar-refractivity contribution in [2.24, 2.45) is 0 Å². The van der Waals surface area contributed by atoms with Gasteiger partial charge in [-0.3, -0.25) is 61.3 Å². The summed E-state index contributed by atoms with van der Waals surface area (Å²) in [4.78, 5) is 74.2. The second kappa shape index (κ2) is 21.6. The summed E-state index contributed by atoms with van der Waals surface area (Å²) in [6.45, 7) is 0.0440. The highest BCUT2D eigenvalue weighted by Gasteiger charge is 2.18. The Morgan fingerprint density at radius 3 is 0.905 bits per heavy atom. The fourth-order valence-corrected chi connectivity index (χ4v) is 3.53. The van der Waals surface area contributed by atoms with Gasteiger partial charge in [0.05, 0.1) is 0 Å². The van der Waals surface area contributed by atoms with Crippen LogP contribution >= 0.6 is 0 Å². The normalized spacial score (nSPS) is 10.4. The highest BCUT2D eigenvalue weighted by atomic mass is 16.3. The molecule has 0 unspecified atom stereocenters. The molecule has 0 atom stereocenters. The first-order valence-electron chi connectivity index (χ1n) is 14.0. The molecule has 15 nitrogen and oxygen atoms in total. The van der Waals surface area contributed by atoms with Crippen LogP contribution < -0.4 is 32.6 Å². The number of hydrogen-bond donors (Lipinski definition) is 9. The minimum atomic E-state index is -0.830. The van der Waals surface area contributed by atoms with Crippen molar-refractivity contribution in [2.75, 3.05) is 19.8 Å². The Labute approximate surface area is 244 Å². The van der Waals surface area contributed by atoms with E-state index >= 15 is 0 Å². The zero-order valence-corrected chi connectivity index (χ0v) is 23.6. The molecule has 0 aliphatic rings. The van der Waals surface area contributed by atoms with Crippen LogP contribution in [0.25, 0.3) is 0 Å². The van der Waals surface area contributed by atoms with E-state index < -0.39 is 35.4 Å². The maximum absolute atomic E-state index is 12.8. The molecule has 234 valence electrons. The third-order valence-electron chi connectivity index (χ3n) is 5.85. The van der Waals surface area contributed by atoms with E-state index in [-0.39, 0.29) is 55.8 Å². The average Bonchev–Trinajstić information content (AvgIpc) is 2.99. The highest BCUT2D eigenvalue weighted by molar-refractivity contribution is 6.05. The van der Waals surface area contributed by atoms with Crippen molar-refractivity contribution in [1.29, 1.82) is 0 Å². The number of aliphatic hydroxyl groups is 3. The van der Waals surface area contributed by atoms with Gasteiger partial charge in [0.15, 0.2) is 0 Å². The Morgan fingerprint density at radius 1 is 0.405 bits per heavy atom. The molecule has 0 saturated carbocycles. The zero-order chi connectivity index (χ0) is 31.2. The van der Waals surface area contributed by atoms with Gasteiger partial charge in [0.1, 0.15) is 0 Å². The Bertz CT molecular complexity index is 910. The average molecular weight is 595 g/mol. The minimum Gasteiger partial charge on any atom is -0.396 e. The molecule has 0 aromatic heterocycles. The third-order valence-corrected chi connectivity index (χ3v) is 5.85. The molecule has 1 rings (SSSR count). The number of aliphatic hydroxyl groups excluding tert-OH is 3. The largest absolute Gasteiger partial charge is 0.396 e. The Hall–Kier alpha value is -4.08. The van der Waals surface area contributed by atoms with Gasteiger partial charge in [-0.15, -0.1) is 0 Å². The molecule has 6 amide bonds. The van der Waals surface area contributed by atoms with E-state index in [1.54, 1.807) is 0 Å². The maximum Gasteiger partial charge on any atom is 0.269 e. The SMILES string of the molecule is O=C(CCCCCO)NNC(=O)c1cc(C(=O)NNC(=O)CCCCCO)cc(C(=O)NNC(=O)CCCCCO)c1. The Balaban J connectivity index is 2.92. The molecule has 0 spiro atoms. The number of hydrogen-bond acceptors (Lipinski definition) is 9. The lowest BCUT2D eigenvalue weighted by Crippen LogP contribution is -2.43. The lowest BCUT2D eigenvalue weighted by molar-refractivity contribution is -0.122. The summed E-state index contributed by atoms with van der Waals surface area (Å²) in [6.07, 6.45) is 5.37. The van der Waals surface area contributed by atoms with Crippen molar-refractivity contribution < 1.29 is 44.1 Å². The van der Waals surface area contributed by atoms with E-state index in [2.05, 4.69) is 32.6 Å². The van der Waals surface area contributed by atoms with Crippen molar-refractivity contribution in [1.82, 2.24) is 32.6 Å². The van der Waals surface area contributed by atoms with Gasteiger partial charge in [0.2, 0.25) is 17.7 Å². The number of carbonyl (C=O) groups excluding carboxylic acids is 6. The van der Waals surface area contributed by atoms with Gasteiger partial charge in [0.25, 0.3) is 17.7 Å². The molecular weight excluding hydrogens is 552 g/mol. The number of benzene rings is 1. The topological polar surface area (TPSA) is 235 Å². The molecular formula is C27H42N6O9. The molecule has 0 bridgehead atoms. The van der Waals surface area contributed by atoms with E-state index in [1.807, 2.05) is 0 Å². The molecule has 15 heteroatoms. The van der Waals surface area contributed by atoms with E-state index in [4.69, 9.17) is 15.3 Å². The molecule has 42 heavy (non-hydrogen) atoms. The molecule has 0 saturated heterocycles. The van der Waals surface area contributed by atoms with E-state index in [0.717, 1.165) is 18.2 Å². The molecule has 0 heterocycles. The summed E-state index contributed by atoms with van der Waals surface area (Å²) in [5.74, 6) is -3.92. The first-order chi connectivity index (χ1) is 20.2. The molecule has 9 N–H and O–H groups in total. The van der Waals surface area contributed by atoms with Crippen LogP contribution in [0, 0.1) is 0 Å². The van der Waals surface area contributed by atoms with E-state index in [1.165, 1.54) is 0 Å².